The van der Waals surface area contributed by atoms with Crippen molar-refractivity contribution in [2.24, 2.45) is 5.18 Å². The first-order valence-electron chi connectivity index (χ1n) is 6.18. The van der Waals surface area contributed by atoms with Gasteiger partial charge in [-0.05, 0) is 41.1 Å². The molecule has 0 saturated carbocycles. The second kappa shape index (κ2) is 5.39. The van der Waals surface area contributed by atoms with Crippen LogP contribution in [0.2, 0.25) is 10.0 Å². The van der Waals surface area contributed by atoms with Gasteiger partial charge in [0.2, 0.25) is 5.88 Å². The maximum atomic E-state index is 11.0. The van der Waals surface area contributed by atoms with E-state index in [1.807, 2.05) is 12.1 Å². The monoisotopic (exact) mass is 320 g/mol. The molecule has 0 fully saturated rings. The number of rotatable bonds is 3. The lowest BCUT2D eigenvalue weighted by Crippen LogP contribution is -1.98. The van der Waals surface area contributed by atoms with E-state index in [0.29, 0.717) is 27.5 Å². The smallest absolute Gasteiger partial charge is 0.222 e. The Morgan fingerprint density at radius 2 is 1.71 bits per heavy atom. The number of nitrogens with zero attached hydrogens (tertiary/aromatic N) is 2. The second-order valence-corrected chi connectivity index (χ2v) is 5.51. The van der Waals surface area contributed by atoms with Gasteiger partial charge in [-0.3, -0.25) is 0 Å². The van der Waals surface area contributed by atoms with Gasteiger partial charge in [0.15, 0.2) is 5.69 Å². The zero-order chi connectivity index (χ0) is 15.0. The summed E-state index contributed by atoms with van der Waals surface area (Å²) in [5, 5.41) is 14.8. The Morgan fingerprint density at radius 1 is 1.05 bits per heavy atom. The quantitative estimate of drug-likeness (QED) is 0.682. The van der Waals surface area contributed by atoms with Crippen LogP contribution in [0, 0.1) is 4.91 Å². The van der Waals surface area contributed by atoms with Crippen LogP contribution in [0.1, 0.15) is 5.56 Å². The third-order valence-corrected chi connectivity index (χ3v) is 3.80. The minimum Gasteiger partial charge on any atom is -0.493 e. The van der Waals surface area contributed by atoms with Gasteiger partial charge in [0, 0.05) is 15.4 Å². The third-order valence-electron chi connectivity index (χ3n) is 3.32. The maximum Gasteiger partial charge on any atom is 0.222 e. The number of halogens is 2. The zero-order valence-electron chi connectivity index (χ0n) is 10.8. The van der Waals surface area contributed by atoms with Gasteiger partial charge in [-0.25, -0.2) is 0 Å². The van der Waals surface area contributed by atoms with Crippen LogP contribution in [0.5, 0.6) is 5.88 Å². The van der Waals surface area contributed by atoms with Crippen LogP contribution < -0.4 is 0 Å². The van der Waals surface area contributed by atoms with Crippen molar-refractivity contribution in [1.29, 1.82) is 0 Å². The lowest BCUT2D eigenvalue weighted by atomic mass is 10.2. The highest BCUT2D eigenvalue weighted by Gasteiger charge is 2.17. The van der Waals surface area contributed by atoms with Crippen LogP contribution in [0.3, 0.4) is 0 Å². The van der Waals surface area contributed by atoms with E-state index >= 15 is 0 Å². The Balaban J connectivity index is 2.15. The molecule has 0 radical (unpaired) electrons. The van der Waals surface area contributed by atoms with E-state index in [-0.39, 0.29) is 11.6 Å². The van der Waals surface area contributed by atoms with E-state index in [2.05, 4.69) is 5.18 Å². The lowest BCUT2D eigenvalue weighted by molar-refractivity contribution is 0.430. The SMILES string of the molecule is O=Nc1c(O)n(Cc2ccc(Cl)cc2)c2ccc(Cl)cc12. The summed E-state index contributed by atoms with van der Waals surface area (Å²) in [7, 11) is 0. The number of fused-ring (bicyclic) bond motifs is 1. The predicted molar refractivity (Wildman–Crippen MR) is 84.6 cm³/mol. The van der Waals surface area contributed by atoms with Gasteiger partial charge in [-0.15, -0.1) is 4.91 Å². The molecule has 0 bridgehead atoms. The van der Waals surface area contributed by atoms with E-state index in [0.717, 1.165) is 5.56 Å². The van der Waals surface area contributed by atoms with Crippen molar-refractivity contribution in [1.82, 2.24) is 4.57 Å². The Hall–Kier alpha value is -2.04. The molecule has 3 aromatic rings. The molecular weight excluding hydrogens is 311 g/mol. The first-order chi connectivity index (χ1) is 10.1. The van der Waals surface area contributed by atoms with Gasteiger partial charge in [-0.1, -0.05) is 35.3 Å². The van der Waals surface area contributed by atoms with Crippen molar-refractivity contribution in [3.8, 4) is 5.88 Å². The number of aromatic nitrogens is 1. The number of hydrogen-bond donors (Lipinski definition) is 1. The van der Waals surface area contributed by atoms with Crippen molar-refractivity contribution in [3.63, 3.8) is 0 Å². The first kappa shape index (κ1) is 13.9. The summed E-state index contributed by atoms with van der Waals surface area (Å²) in [6.45, 7) is 0.399. The standard InChI is InChI=1S/C15H10Cl2N2O2/c16-10-3-1-9(2-4-10)8-19-13-6-5-11(17)7-12(13)14(18-21)15(19)20/h1-7,20H,8H2. The molecule has 6 heteroatoms. The summed E-state index contributed by atoms with van der Waals surface area (Å²) < 4.78 is 1.62. The molecule has 0 atom stereocenters. The van der Waals surface area contributed by atoms with Crippen LogP contribution in [-0.2, 0) is 6.54 Å². The molecule has 0 saturated heterocycles. The highest BCUT2D eigenvalue weighted by atomic mass is 35.5. The third kappa shape index (κ3) is 2.48. The lowest BCUT2D eigenvalue weighted by Gasteiger charge is -2.07. The van der Waals surface area contributed by atoms with Gasteiger partial charge in [0.25, 0.3) is 0 Å². The highest BCUT2D eigenvalue weighted by molar-refractivity contribution is 6.31. The average Bonchev–Trinajstić information content (AvgIpc) is 2.73. The molecule has 0 aliphatic rings. The predicted octanol–water partition coefficient (Wildman–Crippen LogP) is 5.10. The fourth-order valence-corrected chi connectivity index (χ4v) is 2.62. The Kier molecular flexibility index (Phi) is 3.57. The summed E-state index contributed by atoms with van der Waals surface area (Å²) in [5.41, 5.74) is 1.64. The van der Waals surface area contributed by atoms with Crippen molar-refractivity contribution in [2.45, 2.75) is 6.54 Å². The minimum atomic E-state index is -0.169. The van der Waals surface area contributed by atoms with Crippen molar-refractivity contribution >= 4 is 39.8 Å². The molecule has 0 unspecified atom stereocenters. The normalized spacial score (nSPS) is 11.0. The van der Waals surface area contributed by atoms with E-state index in [9.17, 15) is 10.0 Å². The van der Waals surface area contributed by atoms with Gasteiger partial charge in [0.05, 0.1) is 12.1 Å². The molecule has 1 aromatic heterocycles. The molecule has 106 valence electrons. The van der Waals surface area contributed by atoms with Crippen LogP contribution >= 0.6 is 23.2 Å². The molecule has 21 heavy (non-hydrogen) atoms. The van der Waals surface area contributed by atoms with Crippen LogP contribution in [0.25, 0.3) is 10.9 Å². The highest BCUT2D eigenvalue weighted by Crippen LogP contribution is 2.39. The number of nitroso groups, excluding NO2 is 1. The number of aromatic hydroxyl groups is 1. The maximum absolute atomic E-state index is 11.0. The molecule has 0 spiro atoms. The largest absolute Gasteiger partial charge is 0.493 e. The summed E-state index contributed by atoms with van der Waals surface area (Å²) >= 11 is 11.8. The Bertz CT molecular complexity index is 826. The van der Waals surface area contributed by atoms with E-state index < -0.39 is 0 Å². The molecule has 2 aromatic carbocycles. The summed E-state index contributed by atoms with van der Waals surface area (Å²) in [6.07, 6.45) is 0. The first-order valence-corrected chi connectivity index (χ1v) is 6.94. The topological polar surface area (TPSA) is 54.6 Å². The summed E-state index contributed by atoms with van der Waals surface area (Å²) in [5.74, 6) is -0.169. The van der Waals surface area contributed by atoms with Crippen LogP contribution in [0.4, 0.5) is 5.69 Å². The summed E-state index contributed by atoms with van der Waals surface area (Å²) in [4.78, 5) is 11.0. The van der Waals surface area contributed by atoms with Crippen LogP contribution in [-0.4, -0.2) is 9.67 Å². The van der Waals surface area contributed by atoms with Gasteiger partial charge >= 0.3 is 0 Å². The van der Waals surface area contributed by atoms with E-state index in [1.54, 1.807) is 34.9 Å². The zero-order valence-corrected chi connectivity index (χ0v) is 12.3. The number of hydrogen-bond acceptors (Lipinski definition) is 3. The Labute approximate surface area is 130 Å². The fraction of sp³-hybridized carbons (Fsp3) is 0.0667. The van der Waals surface area contributed by atoms with Crippen molar-refractivity contribution in [2.75, 3.05) is 0 Å². The van der Waals surface area contributed by atoms with E-state index in [4.69, 9.17) is 23.2 Å². The molecule has 3 rings (SSSR count). The molecule has 0 aliphatic carbocycles. The summed E-state index contributed by atoms with van der Waals surface area (Å²) in [6, 6.07) is 12.3. The molecule has 0 aliphatic heterocycles. The van der Waals surface area contributed by atoms with Gasteiger partial charge in [-0.2, -0.15) is 0 Å². The molecule has 0 amide bonds. The molecule has 1 N–H and O–H groups in total. The van der Waals surface area contributed by atoms with Crippen molar-refractivity contribution in [3.05, 3.63) is 63.0 Å². The molecule has 4 nitrogen and oxygen atoms in total. The van der Waals surface area contributed by atoms with Crippen molar-refractivity contribution < 1.29 is 5.11 Å². The van der Waals surface area contributed by atoms with E-state index in [1.165, 1.54) is 0 Å². The number of benzene rings is 2. The second-order valence-electron chi connectivity index (χ2n) is 4.64. The molecule has 1 heterocycles. The minimum absolute atomic E-state index is 0.00136. The van der Waals surface area contributed by atoms with Gasteiger partial charge < -0.3 is 9.67 Å². The van der Waals surface area contributed by atoms with Crippen LogP contribution in [0.15, 0.2) is 47.6 Å². The average molecular weight is 321 g/mol. The molecular formula is C15H10Cl2N2O2. The van der Waals surface area contributed by atoms with Gasteiger partial charge in [0.1, 0.15) is 0 Å². The Morgan fingerprint density at radius 3 is 2.38 bits per heavy atom. The fourth-order valence-electron chi connectivity index (χ4n) is 2.32.